The predicted octanol–water partition coefficient (Wildman–Crippen LogP) is 3.74. The number of benzene rings is 1. The molecule has 0 unspecified atom stereocenters. The number of fused-ring (bicyclic) bond motifs is 1. The quantitative estimate of drug-likeness (QED) is 0.706. The maximum atomic E-state index is 5.78. The van der Waals surface area contributed by atoms with Crippen LogP contribution >= 0.6 is 0 Å². The van der Waals surface area contributed by atoms with Gasteiger partial charge in [-0.05, 0) is 24.3 Å². The van der Waals surface area contributed by atoms with Gasteiger partial charge in [-0.25, -0.2) is 0 Å². The van der Waals surface area contributed by atoms with Gasteiger partial charge in [0.1, 0.15) is 17.1 Å². The molecule has 0 bridgehead atoms. The molecule has 1 heterocycles. The summed E-state index contributed by atoms with van der Waals surface area (Å²) >= 11 is 0. The standard InChI is InChI=1S/C13H16O2/c1-13(2,3)12-8-9-7-10(14-4)5-6-11(9)15-12/h5-8H,1-4H3. The zero-order valence-corrected chi connectivity index (χ0v) is 9.63. The Labute approximate surface area is 89.8 Å². The Balaban J connectivity index is 2.56. The zero-order chi connectivity index (χ0) is 11.1. The highest BCUT2D eigenvalue weighted by Gasteiger charge is 2.18. The highest BCUT2D eigenvalue weighted by molar-refractivity contribution is 5.79. The molecule has 0 saturated carbocycles. The second-order valence-corrected chi connectivity index (χ2v) is 4.76. The normalized spacial score (nSPS) is 12.0. The maximum Gasteiger partial charge on any atom is 0.134 e. The van der Waals surface area contributed by atoms with E-state index in [4.69, 9.17) is 9.15 Å². The van der Waals surface area contributed by atoms with Gasteiger partial charge in [0.2, 0.25) is 0 Å². The molecule has 2 aromatic rings. The van der Waals surface area contributed by atoms with Gasteiger partial charge in [0.05, 0.1) is 7.11 Å². The molecule has 0 atom stereocenters. The lowest BCUT2D eigenvalue weighted by atomic mass is 9.93. The van der Waals surface area contributed by atoms with Crippen LogP contribution in [0.2, 0.25) is 0 Å². The van der Waals surface area contributed by atoms with Gasteiger partial charge in [-0.1, -0.05) is 20.8 Å². The molecule has 0 fully saturated rings. The summed E-state index contributed by atoms with van der Waals surface area (Å²) in [7, 11) is 1.67. The first kappa shape index (κ1) is 10.1. The van der Waals surface area contributed by atoms with Crippen LogP contribution in [-0.4, -0.2) is 7.11 Å². The molecule has 0 amide bonds. The molecule has 15 heavy (non-hydrogen) atoms. The summed E-state index contributed by atoms with van der Waals surface area (Å²) in [5.41, 5.74) is 0.965. The average Bonchev–Trinajstić information content (AvgIpc) is 2.59. The third kappa shape index (κ3) is 1.84. The molecule has 2 nitrogen and oxygen atoms in total. The van der Waals surface area contributed by atoms with E-state index >= 15 is 0 Å². The van der Waals surface area contributed by atoms with E-state index in [1.807, 2.05) is 18.2 Å². The van der Waals surface area contributed by atoms with Crippen molar-refractivity contribution < 1.29 is 9.15 Å². The van der Waals surface area contributed by atoms with Crippen LogP contribution in [0.5, 0.6) is 5.75 Å². The fraction of sp³-hybridized carbons (Fsp3) is 0.385. The molecule has 0 aliphatic carbocycles. The van der Waals surface area contributed by atoms with Crippen LogP contribution in [0.3, 0.4) is 0 Å². The van der Waals surface area contributed by atoms with Gasteiger partial charge in [0.15, 0.2) is 0 Å². The van der Waals surface area contributed by atoms with Crippen molar-refractivity contribution in [1.29, 1.82) is 0 Å². The van der Waals surface area contributed by atoms with Gasteiger partial charge < -0.3 is 9.15 Å². The molecule has 0 N–H and O–H groups in total. The first-order valence-corrected chi connectivity index (χ1v) is 5.09. The van der Waals surface area contributed by atoms with Crippen LogP contribution in [0.4, 0.5) is 0 Å². The molecule has 80 valence electrons. The van der Waals surface area contributed by atoms with Crippen molar-refractivity contribution in [3.63, 3.8) is 0 Å². The molecule has 0 aliphatic rings. The Hall–Kier alpha value is -1.44. The number of methoxy groups -OCH3 is 1. The van der Waals surface area contributed by atoms with Crippen molar-refractivity contribution in [3.8, 4) is 5.75 Å². The molecule has 0 saturated heterocycles. The Morgan fingerprint density at radius 1 is 1.13 bits per heavy atom. The lowest BCUT2D eigenvalue weighted by Crippen LogP contribution is -2.08. The zero-order valence-electron chi connectivity index (χ0n) is 9.63. The van der Waals surface area contributed by atoms with E-state index < -0.39 is 0 Å². The number of rotatable bonds is 1. The minimum atomic E-state index is 0.0479. The van der Waals surface area contributed by atoms with Crippen LogP contribution in [-0.2, 0) is 5.41 Å². The van der Waals surface area contributed by atoms with Crippen LogP contribution in [0.15, 0.2) is 28.7 Å². The monoisotopic (exact) mass is 204 g/mol. The van der Waals surface area contributed by atoms with Crippen molar-refractivity contribution in [1.82, 2.24) is 0 Å². The summed E-state index contributed by atoms with van der Waals surface area (Å²) in [6.45, 7) is 6.42. The van der Waals surface area contributed by atoms with Crippen LogP contribution in [0.1, 0.15) is 26.5 Å². The van der Waals surface area contributed by atoms with E-state index in [0.29, 0.717) is 0 Å². The van der Waals surface area contributed by atoms with E-state index in [0.717, 1.165) is 22.5 Å². The number of ether oxygens (including phenoxy) is 1. The van der Waals surface area contributed by atoms with Crippen molar-refractivity contribution >= 4 is 11.0 Å². The van der Waals surface area contributed by atoms with E-state index in [9.17, 15) is 0 Å². The van der Waals surface area contributed by atoms with Crippen LogP contribution in [0, 0.1) is 0 Å². The Kier molecular flexibility index (Phi) is 2.22. The Morgan fingerprint density at radius 2 is 1.87 bits per heavy atom. The second-order valence-electron chi connectivity index (χ2n) is 4.76. The SMILES string of the molecule is COc1ccc2oc(C(C)(C)C)cc2c1. The smallest absolute Gasteiger partial charge is 0.134 e. The highest BCUT2D eigenvalue weighted by atomic mass is 16.5. The molecule has 1 aromatic heterocycles. The van der Waals surface area contributed by atoms with E-state index in [1.54, 1.807) is 7.11 Å². The second kappa shape index (κ2) is 3.30. The molecular formula is C13H16O2. The average molecular weight is 204 g/mol. The summed E-state index contributed by atoms with van der Waals surface area (Å²) in [6, 6.07) is 7.94. The van der Waals surface area contributed by atoms with Crippen LogP contribution in [0.25, 0.3) is 11.0 Å². The topological polar surface area (TPSA) is 22.4 Å². The highest BCUT2D eigenvalue weighted by Crippen LogP contribution is 2.30. The molecule has 2 rings (SSSR count). The largest absolute Gasteiger partial charge is 0.497 e. The number of hydrogen-bond donors (Lipinski definition) is 0. The predicted molar refractivity (Wildman–Crippen MR) is 61.5 cm³/mol. The first-order chi connectivity index (χ1) is 7.00. The summed E-state index contributed by atoms with van der Waals surface area (Å²) in [5.74, 6) is 1.87. The number of hydrogen-bond acceptors (Lipinski definition) is 2. The first-order valence-electron chi connectivity index (χ1n) is 5.09. The van der Waals surface area contributed by atoms with E-state index in [1.165, 1.54) is 0 Å². The fourth-order valence-electron chi connectivity index (χ4n) is 1.52. The van der Waals surface area contributed by atoms with Crippen molar-refractivity contribution in [3.05, 3.63) is 30.0 Å². The lowest BCUT2D eigenvalue weighted by Gasteiger charge is -2.13. The van der Waals surface area contributed by atoms with Gasteiger partial charge >= 0.3 is 0 Å². The summed E-state index contributed by atoms with van der Waals surface area (Å²) in [4.78, 5) is 0. The van der Waals surface area contributed by atoms with Crippen molar-refractivity contribution in [2.45, 2.75) is 26.2 Å². The lowest BCUT2D eigenvalue weighted by molar-refractivity contribution is 0.414. The minimum Gasteiger partial charge on any atom is -0.497 e. The molecule has 1 aromatic carbocycles. The van der Waals surface area contributed by atoms with Gasteiger partial charge in [0.25, 0.3) is 0 Å². The summed E-state index contributed by atoms with van der Waals surface area (Å²) in [6.07, 6.45) is 0. The third-order valence-electron chi connectivity index (χ3n) is 2.46. The molecule has 0 radical (unpaired) electrons. The fourth-order valence-corrected chi connectivity index (χ4v) is 1.52. The van der Waals surface area contributed by atoms with Crippen molar-refractivity contribution in [2.75, 3.05) is 7.11 Å². The van der Waals surface area contributed by atoms with Gasteiger partial charge in [0, 0.05) is 10.8 Å². The van der Waals surface area contributed by atoms with Gasteiger partial charge in [-0.2, -0.15) is 0 Å². The summed E-state index contributed by atoms with van der Waals surface area (Å²) in [5, 5.41) is 1.10. The van der Waals surface area contributed by atoms with Crippen LogP contribution < -0.4 is 4.74 Å². The van der Waals surface area contributed by atoms with Gasteiger partial charge in [-0.15, -0.1) is 0 Å². The van der Waals surface area contributed by atoms with E-state index in [-0.39, 0.29) is 5.41 Å². The maximum absolute atomic E-state index is 5.78. The summed E-state index contributed by atoms with van der Waals surface area (Å²) < 4.78 is 11.0. The third-order valence-corrected chi connectivity index (χ3v) is 2.46. The molecule has 0 aliphatic heterocycles. The molecular weight excluding hydrogens is 188 g/mol. The number of furan rings is 1. The minimum absolute atomic E-state index is 0.0479. The molecule has 0 spiro atoms. The van der Waals surface area contributed by atoms with E-state index in [2.05, 4.69) is 26.8 Å². The Bertz CT molecular complexity index is 475. The van der Waals surface area contributed by atoms with Crippen molar-refractivity contribution in [2.24, 2.45) is 0 Å². The Morgan fingerprint density at radius 3 is 2.47 bits per heavy atom. The molecule has 2 heteroatoms. The van der Waals surface area contributed by atoms with Gasteiger partial charge in [-0.3, -0.25) is 0 Å².